The topological polar surface area (TPSA) is 96.6 Å². The number of carbonyl (C=O) groups excluding carboxylic acids is 2. The molecule has 158 valence electrons. The summed E-state index contributed by atoms with van der Waals surface area (Å²) in [5.41, 5.74) is 6.71. The quantitative estimate of drug-likeness (QED) is 0.581. The molecule has 0 unspecified atom stereocenters. The number of furan rings is 1. The number of carbonyl (C=O) groups is 2. The van der Waals surface area contributed by atoms with Crippen LogP contribution in [0.15, 0.2) is 52.2 Å². The van der Waals surface area contributed by atoms with Crippen molar-refractivity contribution in [3.05, 3.63) is 81.5 Å². The van der Waals surface area contributed by atoms with E-state index < -0.39 is 0 Å². The summed E-state index contributed by atoms with van der Waals surface area (Å²) in [6, 6.07) is 8.62. The molecular weight excluding hydrogens is 416 g/mol. The number of hydrazone groups is 1. The molecule has 0 spiro atoms. The summed E-state index contributed by atoms with van der Waals surface area (Å²) in [6.07, 6.45) is 5.28. The summed E-state index contributed by atoms with van der Waals surface area (Å²) in [6.45, 7) is 3.70. The van der Waals surface area contributed by atoms with Gasteiger partial charge in [-0.25, -0.2) is 5.43 Å². The van der Waals surface area contributed by atoms with Gasteiger partial charge in [-0.05, 0) is 62.6 Å². The first-order valence-electron chi connectivity index (χ1n) is 9.91. The highest BCUT2D eigenvalue weighted by Gasteiger charge is 2.28. The molecule has 0 fully saturated rings. The predicted octanol–water partition coefficient (Wildman–Crippen LogP) is 4.67. The fourth-order valence-electron chi connectivity index (χ4n) is 3.62. The van der Waals surface area contributed by atoms with Gasteiger partial charge in [-0.2, -0.15) is 5.10 Å². The Balaban J connectivity index is 1.58. The minimum atomic E-state index is -0.343. The van der Waals surface area contributed by atoms with Crippen LogP contribution in [0.25, 0.3) is 0 Å². The van der Waals surface area contributed by atoms with Crippen LogP contribution in [0.2, 0.25) is 5.02 Å². The first kappa shape index (κ1) is 20.8. The van der Waals surface area contributed by atoms with Crippen molar-refractivity contribution in [1.29, 1.82) is 0 Å². The summed E-state index contributed by atoms with van der Waals surface area (Å²) in [7, 11) is 0. The van der Waals surface area contributed by atoms with Crippen molar-refractivity contribution >= 4 is 34.8 Å². The van der Waals surface area contributed by atoms with Gasteiger partial charge in [0.2, 0.25) is 0 Å². The molecule has 2 aromatic heterocycles. The molecule has 31 heavy (non-hydrogen) atoms. The number of anilines is 1. The number of amides is 2. The third-order valence-electron chi connectivity index (χ3n) is 5.18. The van der Waals surface area contributed by atoms with E-state index in [2.05, 4.69) is 20.8 Å². The van der Waals surface area contributed by atoms with Gasteiger partial charge in [0.05, 0.1) is 11.3 Å². The lowest BCUT2D eigenvalue weighted by Crippen LogP contribution is -2.22. The van der Waals surface area contributed by atoms with Crippen LogP contribution in [0.1, 0.15) is 56.2 Å². The van der Waals surface area contributed by atoms with Gasteiger partial charge in [0.1, 0.15) is 5.76 Å². The first-order valence-corrected chi connectivity index (χ1v) is 10.3. The molecule has 0 bridgehead atoms. The van der Waals surface area contributed by atoms with Crippen molar-refractivity contribution in [3.8, 4) is 0 Å². The second-order valence-electron chi connectivity index (χ2n) is 7.36. The molecule has 0 aliphatic heterocycles. The highest BCUT2D eigenvalue weighted by atomic mass is 35.5. The highest BCUT2D eigenvalue weighted by molar-refractivity contribution is 6.30. The van der Waals surface area contributed by atoms with Crippen LogP contribution in [-0.2, 0) is 6.42 Å². The lowest BCUT2D eigenvalue weighted by Gasteiger charge is -2.13. The highest BCUT2D eigenvalue weighted by Crippen LogP contribution is 2.30. The molecule has 0 saturated heterocycles. The average Bonchev–Trinajstić information content (AvgIpc) is 3.12. The van der Waals surface area contributed by atoms with Crippen LogP contribution in [0, 0.1) is 13.8 Å². The van der Waals surface area contributed by atoms with Crippen molar-refractivity contribution in [2.75, 3.05) is 5.32 Å². The Morgan fingerprint density at radius 1 is 1.16 bits per heavy atom. The molecule has 2 heterocycles. The Kier molecular flexibility index (Phi) is 5.86. The smallest absolute Gasteiger partial charge is 0.291 e. The SMILES string of the molecule is Cc1cc(Cl)ccc1NC(=O)c1oc2c(c1C)/C(=N/NC(=O)c1cccnc1)CCC2. The third kappa shape index (κ3) is 4.36. The van der Waals surface area contributed by atoms with Crippen LogP contribution in [0.4, 0.5) is 5.69 Å². The molecule has 8 heteroatoms. The lowest BCUT2D eigenvalue weighted by molar-refractivity contribution is 0.0953. The Bertz CT molecular complexity index is 1190. The zero-order valence-corrected chi connectivity index (χ0v) is 17.9. The summed E-state index contributed by atoms with van der Waals surface area (Å²) >= 11 is 5.99. The number of nitrogens with one attached hydrogen (secondary N) is 2. The van der Waals surface area contributed by atoms with Gasteiger partial charge in [-0.1, -0.05) is 11.6 Å². The van der Waals surface area contributed by atoms with Crippen molar-refractivity contribution in [2.24, 2.45) is 5.10 Å². The fraction of sp³-hybridized carbons (Fsp3) is 0.217. The molecule has 2 N–H and O–H groups in total. The number of fused-ring (bicyclic) bond motifs is 1. The molecule has 0 saturated carbocycles. The predicted molar refractivity (Wildman–Crippen MR) is 119 cm³/mol. The van der Waals surface area contributed by atoms with E-state index in [0.717, 1.165) is 17.5 Å². The molecule has 2 amide bonds. The van der Waals surface area contributed by atoms with Gasteiger partial charge in [-0.15, -0.1) is 0 Å². The van der Waals surface area contributed by atoms with E-state index >= 15 is 0 Å². The number of benzene rings is 1. The van der Waals surface area contributed by atoms with Crippen LogP contribution >= 0.6 is 11.6 Å². The van der Waals surface area contributed by atoms with Crippen LogP contribution in [0.5, 0.6) is 0 Å². The van der Waals surface area contributed by atoms with Crippen molar-refractivity contribution < 1.29 is 14.0 Å². The Morgan fingerprint density at radius 2 is 2.00 bits per heavy atom. The van der Waals surface area contributed by atoms with Gasteiger partial charge in [0.25, 0.3) is 11.8 Å². The van der Waals surface area contributed by atoms with Gasteiger partial charge in [-0.3, -0.25) is 14.6 Å². The lowest BCUT2D eigenvalue weighted by atomic mass is 9.93. The van der Waals surface area contributed by atoms with Gasteiger partial charge >= 0.3 is 0 Å². The number of halogens is 1. The molecule has 7 nitrogen and oxygen atoms in total. The maximum Gasteiger partial charge on any atom is 0.291 e. The van der Waals surface area contributed by atoms with E-state index in [4.69, 9.17) is 16.0 Å². The normalized spacial score (nSPS) is 14.2. The van der Waals surface area contributed by atoms with Gasteiger partial charge in [0.15, 0.2) is 5.76 Å². The number of nitrogens with zero attached hydrogens (tertiary/aromatic N) is 2. The zero-order valence-electron chi connectivity index (χ0n) is 17.2. The maximum atomic E-state index is 12.9. The van der Waals surface area contributed by atoms with Crippen LogP contribution in [-0.4, -0.2) is 22.5 Å². The molecule has 0 radical (unpaired) electrons. The molecule has 1 aliphatic carbocycles. The molecule has 1 aromatic carbocycles. The van der Waals surface area contributed by atoms with E-state index in [1.807, 2.05) is 13.8 Å². The second-order valence-corrected chi connectivity index (χ2v) is 7.80. The van der Waals surface area contributed by atoms with E-state index in [1.54, 1.807) is 36.5 Å². The number of hydrogen-bond donors (Lipinski definition) is 2. The third-order valence-corrected chi connectivity index (χ3v) is 5.42. The largest absolute Gasteiger partial charge is 0.455 e. The summed E-state index contributed by atoms with van der Waals surface area (Å²) < 4.78 is 5.91. The Morgan fingerprint density at radius 3 is 2.74 bits per heavy atom. The average molecular weight is 437 g/mol. The van der Waals surface area contributed by atoms with Crippen LogP contribution < -0.4 is 10.7 Å². The number of aromatic nitrogens is 1. The Labute approximate surface area is 184 Å². The second kappa shape index (κ2) is 8.73. The number of pyridine rings is 1. The standard InChI is InChI=1S/C23H21ClN4O3/c1-13-11-16(24)8-9-17(13)26-23(30)21-14(2)20-18(6-3-7-19(20)31-21)27-28-22(29)15-5-4-10-25-12-15/h4-5,8-12H,3,6-7H2,1-2H3,(H,26,30)(H,28,29)/b27-18+. The van der Waals surface area contributed by atoms with Gasteiger partial charge in [0, 0.05) is 40.7 Å². The van der Waals surface area contributed by atoms with Crippen molar-refractivity contribution in [1.82, 2.24) is 10.4 Å². The van der Waals surface area contributed by atoms with E-state index in [0.29, 0.717) is 46.2 Å². The summed E-state index contributed by atoms with van der Waals surface area (Å²) in [4.78, 5) is 29.1. The van der Waals surface area contributed by atoms with E-state index in [-0.39, 0.29) is 17.6 Å². The first-order chi connectivity index (χ1) is 14.9. The number of aryl methyl sites for hydroxylation is 2. The zero-order chi connectivity index (χ0) is 22.0. The van der Waals surface area contributed by atoms with Crippen molar-refractivity contribution in [3.63, 3.8) is 0 Å². The fourth-order valence-corrected chi connectivity index (χ4v) is 3.85. The van der Waals surface area contributed by atoms with E-state index in [9.17, 15) is 9.59 Å². The molecule has 4 rings (SSSR count). The summed E-state index contributed by atoms with van der Waals surface area (Å²) in [5.74, 6) is 0.268. The number of hydrogen-bond acceptors (Lipinski definition) is 5. The maximum absolute atomic E-state index is 12.9. The molecule has 3 aromatic rings. The minimum Gasteiger partial charge on any atom is -0.455 e. The summed E-state index contributed by atoms with van der Waals surface area (Å²) in [5, 5.41) is 7.81. The molecule has 0 atom stereocenters. The molecule has 1 aliphatic rings. The van der Waals surface area contributed by atoms with E-state index in [1.165, 1.54) is 6.20 Å². The monoisotopic (exact) mass is 436 g/mol. The molecular formula is C23H21ClN4O3. The number of rotatable bonds is 4. The van der Waals surface area contributed by atoms with Crippen LogP contribution in [0.3, 0.4) is 0 Å². The van der Waals surface area contributed by atoms with Gasteiger partial charge < -0.3 is 9.73 Å². The Hall–Kier alpha value is -3.45. The van der Waals surface area contributed by atoms with Crippen molar-refractivity contribution in [2.45, 2.75) is 33.1 Å². The minimum absolute atomic E-state index is 0.243.